The zero-order valence-electron chi connectivity index (χ0n) is 64.0. The van der Waals surface area contributed by atoms with Crippen molar-refractivity contribution in [1.29, 1.82) is 5.26 Å². The molecular weight excluding hydrogens is 1540 g/mol. The number of likely N-dealkylation sites (tertiary alicyclic amines) is 6. The molecule has 0 aliphatic carbocycles. The van der Waals surface area contributed by atoms with E-state index < -0.39 is 9.52 Å². The van der Waals surface area contributed by atoms with Crippen molar-refractivity contribution in [3.05, 3.63) is 131 Å². The van der Waals surface area contributed by atoms with Crippen LogP contribution < -0.4 is 30.7 Å². The summed E-state index contributed by atoms with van der Waals surface area (Å²) in [7, 11) is -2.36. The summed E-state index contributed by atoms with van der Waals surface area (Å²) in [5.41, 5.74) is 5.57. The maximum atomic E-state index is 12.3. The number of hydrogen-bond donors (Lipinski definition) is 6. The van der Waals surface area contributed by atoms with E-state index in [2.05, 4.69) is 135 Å². The van der Waals surface area contributed by atoms with Gasteiger partial charge in [-0.3, -0.25) is 33.6 Å². The Balaban J connectivity index is 0.000000144. The highest BCUT2D eigenvalue weighted by Crippen LogP contribution is 2.41. The van der Waals surface area contributed by atoms with E-state index in [0.717, 1.165) is 177 Å². The molecule has 12 heterocycles. The second kappa shape index (κ2) is 36.7. The molecule has 9 aliphatic rings. The molecule has 6 N–H and O–H groups in total. The van der Waals surface area contributed by atoms with Crippen LogP contribution in [-0.4, -0.2) is 266 Å². The molecule has 0 bridgehead atoms. The smallest absolute Gasteiger partial charge is 0.227 e. The lowest BCUT2D eigenvalue weighted by Gasteiger charge is -2.51. The van der Waals surface area contributed by atoms with Crippen LogP contribution in [0.1, 0.15) is 111 Å². The van der Waals surface area contributed by atoms with Crippen LogP contribution in [0.2, 0.25) is 20.1 Å². The summed E-state index contributed by atoms with van der Waals surface area (Å²) in [6.07, 6.45) is 14.4. The van der Waals surface area contributed by atoms with Crippen molar-refractivity contribution in [2.24, 2.45) is 35.5 Å². The van der Waals surface area contributed by atoms with Crippen LogP contribution >= 0.6 is 62.3 Å². The van der Waals surface area contributed by atoms with Gasteiger partial charge in [0.1, 0.15) is 28.3 Å². The summed E-state index contributed by atoms with van der Waals surface area (Å²) in [5.74, 6) is 12.0. The third-order valence-corrected chi connectivity index (χ3v) is 27.3. The highest BCUT2D eigenvalue weighted by atomic mass is 79.9. The van der Waals surface area contributed by atoms with E-state index in [4.69, 9.17) is 76.7 Å². The Morgan fingerprint density at radius 3 is 1.25 bits per heavy atom. The van der Waals surface area contributed by atoms with Crippen LogP contribution in [0.5, 0.6) is 0 Å². The number of aliphatic hydroxyl groups excluding tert-OH is 3. The van der Waals surface area contributed by atoms with Gasteiger partial charge in [0.05, 0.1) is 54.8 Å². The summed E-state index contributed by atoms with van der Waals surface area (Å²) in [4.78, 5) is 50.4. The molecule has 0 radical (unpaired) electrons. The Bertz CT molecular complexity index is 4070. The Morgan fingerprint density at radius 1 is 0.505 bits per heavy atom. The van der Waals surface area contributed by atoms with E-state index in [-0.39, 0.29) is 37.9 Å². The molecule has 9 fully saturated rings. The van der Waals surface area contributed by atoms with Gasteiger partial charge in [0.2, 0.25) is 17.8 Å². The summed E-state index contributed by atoms with van der Waals surface area (Å²) in [5, 5.41) is 49.9. The number of nitrogens with one attached hydrogen (secondary N) is 3. The van der Waals surface area contributed by atoms with Crippen molar-refractivity contribution in [1.82, 2.24) is 59.3 Å². The molecule has 3 aromatic heterocycles. The number of benzene rings is 3. The fraction of sp³-hybridized carbons (Fsp3) is 0.600. The van der Waals surface area contributed by atoms with Gasteiger partial charge in [-0.2, -0.15) is 20.2 Å². The molecular formula is C80H110BrCl4N19O4S. The number of β-amino-alcohol motifs (C(OH)–C–C–N with tert-alkyl or cyclic N) is 3. The third kappa shape index (κ3) is 20.0. The molecule has 109 heavy (non-hydrogen) atoms. The topological polar surface area (TPSA) is 244 Å². The first-order chi connectivity index (χ1) is 52.5. The first-order valence-electron chi connectivity index (χ1n) is 39.2. The molecule has 0 amide bonds. The van der Waals surface area contributed by atoms with Crippen molar-refractivity contribution in [2.45, 2.75) is 114 Å². The van der Waals surface area contributed by atoms with E-state index >= 15 is 0 Å². The molecule has 9 saturated heterocycles. The molecule has 3 aromatic carbocycles. The Hall–Kier alpha value is -5.51. The minimum absolute atomic E-state index is 0.0271. The molecule has 9 aliphatic heterocycles. The van der Waals surface area contributed by atoms with Crippen LogP contribution in [0, 0.1) is 60.7 Å². The number of halogens is 5. The Kier molecular flexibility index (Phi) is 27.5. The predicted octanol–water partition coefficient (Wildman–Crippen LogP) is 11.0. The first kappa shape index (κ1) is 81.5. The quantitative estimate of drug-likeness (QED) is 0.0292. The number of aromatic nitrogens is 6. The third-order valence-electron chi connectivity index (χ3n) is 24.3. The van der Waals surface area contributed by atoms with E-state index in [1.807, 2.05) is 51.2 Å². The Morgan fingerprint density at radius 2 is 0.862 bits per heavy atom. The fourth-order valence-corrected chi connectivity index (χ4v) is 19.7. The molecule has 6 aromatic rings. The van der Waals surface area contributed by atoms with Gasteiger partial charge in [-0.15, -0.1) is 0 Å². The van der Waals surface area contributed by atoms with Gasteiger partial charge in [-0.25, -0.2) is 15.0 Å². The fourth-order valence-electron chi connectivity index (χ4n) is 17.4. The normalized spacial score (nSPS) is 23.2. The van der Waals surface area contributed by atoms with Crippen LogP contribution in [0.25, 0.3) is 0 Å². The van der Waals surface area contributed by atoms with Crippen molar-refractivity contribution >= 4 is 113 Å². The lowest BCUT2D eigenvalue weighted by Crippen LogP contribution is -2.63. The minimum Gasteiger partial charge on any atom is -0.395 e. The molecule has 23 nitrogen and oxygen atoms in total. The highest BCUT2D eigenvalue weighted by Gasteiger charge is 2.44. The number of nitrogens with zero attached hydrogens (tertiary/aromatic N) is 16. The molecule has 29 heteroatoms. The lowest BCUT2D eigenvalue weighted by molar-refractivity contribution is -0.00712. The van der Waals surface area contributed by atoms with Gasteiger partial charge in [0.25, 0.3) is 0 Å². The van der Waals surface area contributed by atoms with Crippen LogP contribution in [0.3, 0.4) is 0 Å². The van der Waals surface area contributed by atoms with E-state index in [1.165, 1.54) is 71.2 Å². The van der Waals surface area contributed by atoms with Crippen molar-refractivity contribution in [2.75, 3.05) is 194 Å². The van der Waals surface area contributed by atoms with Crippen molar-refractivity contribution in [3.63, 3.8) is 0 Å². The number of aryl methyl sites for hydroxylation is 2. The molecule has 0 spiro atoms. The average molecular weight is 1660 g/mol. The number of rotatable bonds is 25. The number of piperidine rings is 3. The maximum absolute atomic E-state index is 12.3. The van der Waals surface area contributed by atoms with E-state index in [1.54, 1.807) is 30.8 Å². The SMILES string of the molecule is C=S(C)(=O)c1ccc(C(C)Nc2nc(N3CC(C4CCCN(C5CN(CCO)C5)C4)C3)ncc2C#N)c(Cl)c1.Cc1ccc(C(C)Nc2nc(N3CC(C4CCCN(C5CN(CCO)C5)C4)C3)ncc2Br)c(Cl)c1.Cc1ccc(C(C)Nc2nc(N3CC(C4CCCN(C5CN(CCO)C5)C4)C3)ncc2Cl)c(Cl)c1. The van der Waals surface area contributed by atoms with Crippen LogP contribution in [0.4, 0.5) is 35.3 Å². The van der Waals surface area contributed by atoms with Gasteiger partial charge >= 0.3 is 0 Å². The molecule has 15 rings (SSSR count). The van der Waals surface area contributed by atoms with Gasteiger partial charge in [0.15, 0.2) is 5.82 Å². The second-order valence-corrected chi connectivity index (χ2v) is 37.2. The Labute approximate surface area is 673 Å². The summed E-state index contributed by atoms with van der Waals surface area (Å²) in [6.45, 7) is 33.0. The van der Waals surface area contributed by atoms with E-state index in [0.29, 0.717) is 79.9 Å². The predicted molar refractivity (Wildman–Crippen MR) is 445 cm³/mol. The first-order valence-corrected chi connectivity index (χ1v) is 43.6. The van der Waals surface area contributed by atoms with Gasteiger partial charge < -0.3 is 46.0 Å². The van der Waals surface area contributed by atoms with Gasteiger partial charge in [0, 0.05) is 168 Å². The average Bonchev–Trinajstić information content (AvgIpc) is 0.774. The largest absolute Gasteiger partial charge is 0.395 e. The number of nitriles is 1. The standard InChI is InChI=1S/C28H38ClN7O2S.C26H36BrClN6O.C26H36Cl2N6O/c1-19(25-7-6-24(11-26(25)29)39(2,3)38)32-27-21(12-30)13-31-28(33-27)36-15-22(16-36)20-5-4-8-35(14-20)23-17-34(18-23)9-10-37;1-17-5-6-22(24(28)10-17)18(2)30-25-23(27)11-29-26(31-25)34-13-20(14-34)19-4-3-7-33(12-19)21-15-32(16-21)8-9-35;1-17-5-6-22(23(27)10-17)18(2)30-25-24(28)11-29-26(31-25)34-13-20(14-34)19-4-3-7-33(12-19)21-15-32(16-21)8-9-35/h6-7,11,13,19-20,22-23,37H,2,4-5,8-10,14-18H2,1,3H3,(H,31,32,33);2*5-6,10-11,18-21,35H,3-4,7-9,12-16H2,1-2H3,(H,29,30,31). The van der Waals surface area contributed by atoms with Crippen LogP contribution in [0.15, 0.2) is 82.6 Å². The zero-order valence-corrected chi connectivity index (χ0v) is 69.4. The van der Waals surface area contributed by atoms with Gasteiger partial charge in [-0.1, -0.05) is 76.7 Å². The monoisotopic (exact) mass is 1650 g/mol. The molecule has 590 valence electrons. The summed E-state index contributed by atoms with van der Waals surface area (Å²) in [6, 6.07) is 21.5. The summed E-state index contributed by atoms with van der Waals surface area (Å²) < 4.78 is 13.2. The van der Waals surface area contributed by atoms with Crippen LogP contribution in [-0.2, 0) is 9.52 Å². The number of anilines is 6. The molecule has 7 atom stereocenters. The number of hydrogen-bond acceptors (Lipinski definition) is 23. The number of aliphatic hydroxyl groups is 3. The van der Waals surface area contributed by atoms with Crippen molar-refractivity contribution < 1.29 is 19.5 Å². The summed E-state index contributed by atoms with van der Waals surface area (Å²) >= 11 is 29.5. The zero-order chi connectivity index (χ0) is 76.8. The minimum atomic E-state index is -2.36. The second-order valence-electron chi connectivity index (χ2n) is 32.2. The van der Waals surface area contributed by atoms with Gasteiger partial charge in [-0.05, 0) is 212 Å². The van der Waals surface area contributed by atoms with E-state index in [9.17, 15) is 9.47 Å². The molecule has 7 unspecified atom stereocenters. The van der Waals surface area contributed by atoms with Crippen molar-refractivity contribution in [3.8, 4) is 6.07 Å². The highest BCUT2D eigenvalue weighted by molar-refractivity contribution is 9.10. The lowest BCUT2D eigenvalue weighted by atomic mass is 9.80. The molecule has 0 saturated carbocycles. The maximum Gasteiger partial charge on any atom is 0.227 e.